The lowest BCUT2D eigenvalue weighted by molar-refractivity contribution is 0.0120. The number of amides is 1. The summed E-state index contributed by atoms with van der Waals surface area (Å²) in [5.41, 5.74) is 10.0. The third-order valence-corrected chi connectivity index (χ3v) is 6.45. The molecule has 9 nitrogen and oxygen atoms in total. The van der Waals surface area contributed by atoms with Crippen LogP contribution in [0.15, 0.2) is 48.7 Å². The van der Waals surface area contributed by atoms with Crippen LogP contribution in [-0.4, -0.2) is 60.3 Å². The van der Waals surface area contributed by atoms with Crippen LogP contribution in [0.4, 0.5) is 14.6 Å². The summed E-state index contributed by atoms with van der Waals surface area (Å²) >= 11 is 0. The number of nitrogens with two attached hydrogens (primary N) is 1. The van der Waals surface area contributed by atoms with Crippen molar-refractivity contribution in [3.63, 3.8) is 0 Å². The van der Waals surface area contributed by atoms with Crippen LogP contribution in [0.5, 0.6) is 0 Å². The Kier molecular flexibility index (Phi) is 4.72. The van der Waals surface area contributed by atoms with E-state index in [-0.39, 0.29) is 41.4 Å². The van der Waals surface area contributed by atoms with Gasteiger partial charge in [0.2, 0.25) is 5.78 Å². The van der Waals surface area contributed by atoms with Gasteiger partial charge >= 0.3 is 0 Å². The number of nitrogen functional groups attached to an aromatic ring is 1. The average molecular weight is 489 g/mol. The van der Waals surface area contributed by atoms with E-state index in [1.807, 2.05) is 25.1 Å². The van der Waals surface area contributed by atoms with E-state index in [2.05, 4.69) is 20.1 Å². The fraction of sp³-hybridized carbons (Fsp3) is 0.200. The number of carbonyl (C=O) groups is 2. The van der Waals surface area contributed by atoms with E-state index in [0.29, 0.717) is 16.6 Å². The van der Waals surface area contributed by atoms with Crippen LogP contribution in [0.3, 0.4) is 0 Å². The lowest BCUT2D eigenvalue weighted by atomic mass is 10.1. The SMILES string of the molecule is Cc1nc2ccc(-n3ncc(C(=O)c4cc5cc(C(=O)N6CCC(F)(F)C6)ccc5[nH]4)c3N)cc2[nH]1. The molecule has 11 heteroatoms. The number of ketones is 1. The third kappa shape index (κ3) is 3.60. The van der Waals surface area contributed by atoms with E-state index in [0.717, 1.165) is 21.8 Å². The van der Waals surface area contributed by atoms with Crippen LogP contribution in [0.2, 0.25) is 0 Å². The Balaban J connectivity index is 1.28. The number of alkyl halides is 2. The summed E-state index contributed by atoms with van der Waals surface area (Å²) in [6.07, 6.45) is 1.07. The second kappa shape index (κ2) is 7.74. The van der Waals surface area contributed by atoms with Gasteiger partial charge in [-0.15, -0.1) is 0 Å². The molecular weight excluding hydrogens is 468 g/mol. The van der Waals surface area contributed by atoms with Gasteiger partial charge < -0.3 is 20.6 Å². The van der Waals surface area contributed by atoms with Crippen molar-refractivity contribution in [3.8, 4) is 5.69 Å². The number of likely N-dealkylation sites (tertiary alicyclic amines) is 1. The number of hydrogen-bond acceptors (Lipinski definition) is 5. The average Bonchev–Trinajstić information content (AvgIpc) is 3.61. The summed E-state index contributed by atoms with van der Waals surface area (Å²) in [4.78, 5) is 37.7. The van der Waals surface area contributed by atoms with Crippen LogP contribution in [0, 0.1) is 6.92 Å². The maximum atomic E-state index is 13.5. The number of hydrogen-bond donors (Lipinski definition) is 3. The van der Waals surface area contributed by atoms with Crippen LogP contribution in [-0.2, 0) is 0 Å². The Bertz CT molecular complexity index is 1680. The van der Waals surface area contributed by atoms with Gasteiger partial charge in [0, 0.05) is 29.4 Å². The van der Waals surface area contributed by atoms with Crippen molar-refractivity contribution in [2.24, 2.45) is 0 Å². The van der Waals surface area contributed by atoms with Gasteiger partial charge in [-0.1, -0.05) is 0 Å². The van der Waals surface area contributed by atoms with Gasteiger partial charge in [0.15, 0.2) is 0 Å². The topological polar surface area (TPSA) is 126 Å². The van der Waals surface area contributed by atoms with Gasteiger partial charge in [0.25, 0.3) is 11.8 Å². The molecule has 0 atom stereocenters. The molecule has 1 amide bonds. The normalized spacial score (nSPS) is 15.2. The minimum absolute atomic E-state index is 0.0108. The van der Waals surface area contributed by atoms with Gasteiger partial charge in [-0.3, -0.25) is 9.59 Å². The minimum Gasteiger partial charge on any atom is -0.383 e. The largest absolute Gasteiger partial charge is 0.383 e. The standard InChI is InChI=1S/C25H21F2N7O2/c1-13-30-19-5-3-16(10-20(19)31-13)34-23(28)17(11-29-34)22(35)21-9-15-8-14(2-4-18(15)32-21)24(36)33-7-6-25(26,27)12-33/h2-5,8-11,32H,6-7,12,28H2,1H3,(H,30,31). The number of aromatic nitrogens is 5. The first-order valence-corrected chi connectivity index (χ1v) is 11.3. The minimum atomic E-state index is -2.86. The fourth-order valence-electron chi connectivity index (χ4n) is 4.62. The second-order valence-electron chi connectivity index (χ2n) is 9.03. The van der Waals surface area contributed by atoms with Crippen molar-refractivity contribution < 1.29 is 18.4 Å². The summed E-state index contributed by atoms with van der Waals surface area (Å²) < 4.78 is 28.5. The number of nitrogens with zero attached hydrogens (tertiary/aromatic N) is 4. The summed E-state index contributed by atoms with van der Waals surface area (Å²) in [5.74, 6) is -2.71. The number of nitrogens with one attached hydrogen (secondary N) is 2. The number of carbonyl (C=O) groups excluding carboxylic acids is 2. The number of rotatable bonds is 4. The van der Waals surface area contributed by atoms with Crippen molar-refractivity contribution >= 4 is 39.4 Å². The van der Waals surface area contributed by atoms with E-state index in [1.54, 1.807) is 24.3 Å². The second-order valence-corrected chi connectivity index (χ2v) is 9.03. The number of aryl methyl sites for hydroxylation is 1. The van der Waals surface area contributed by atoms with Gasteiger partial charge in [-0.05, 0) is 49.4 Å². The molecule has 4 N–H and O–H groups in total. The van der Waals surface area contributed by atoms with Gasteiger partial charge in [0.05, 0.1) is 40.7 Å². The molecule has 0 unspecified atom stereocenters. The highest BCUT2D eigenvalue weighted by Crippen LogP contribution is 2.29. The van der Waals surface area contributed by atoms with Crippen molar-refractivity contribution in [1.82, 2.24) is 29.6 Å². The molecule has 5 aromatic rings. The molecule has 1 aliphatic heterocycles. The summed E-state index contributed by atoms with van der Waals surface area (Å²) in [6.45, 7) is 1.29. The first-order valence-electron chi connectivity index (χ1n) is 11.3. The van der Waals surface area contributed by atoms with Crippen molar-refractivity contribution in [3.05, 3.63) is 71.3 Å². The lowest BCUT2D eigenvalue weighted by Crippen LogP contribution is -2.31. The molecule has 4 heterocycles. The zero-order valence-corrected chi connectivity index (χ0v) is 19.2. The Morgan fingerprint density at radius 3 is 2.69 bits per heavy atom. The number of fused-ring (bicyclic) bond motifs is 2. The van der Waals surface area contributed by atoms with E-state index >= 15 is 0 Å². The van der Waals surface area contributed by atoms with Crippen LogP contribution in [0.25, 0.3) is 27.6 Å². The molecule has 3 aromatic heterocycles. The number of benzene rings is 2. The molecular formula is C25H21F2N7O2. The van der Waals surface area contributed by atoms with E-state index < -0.39 is 18.4 Å². The number of anilines is 1. The third-order valence-electron chi connectivity index (χ3n) is 6.45. The predicted molar refractivity (Wildman–Crippen MR) is 130 cm³/mol. The highest BCUT2D eigenvalue weighted by Gasteiger charge is 2.40. The van der Waals surface area contributed by atoms with Crippen LogP contribution < -0.4 is 5.73 Å². The maximum Gasteiger partial charge on any atom is 0.267 e. The Morgan fingerprint density at radius 2 is 1.92 bits per heavy atom. The molecule has 36 heavy (non-hydrogen) atoms. The molecule has 6 rings (SSSR count). The zero-order chi connectivity index (χ0) is 25.2. The molecule has 0 saturated carbocycles. The number of halogens is 2. The smallest absolute Gasteiger partial charge is 0.267 e. The molecule has 2 aromatic carbocycles. The Labute approximate surface area is 202 Å². The quantitative estimate of drug-likeness (QED) is 0.331. The van der Waals surface area contributed by atoms with Crippen molar-refractivity contribution in [1.29, 1.82) is 0 Å². The molecule has 182 valence electrons. The zero-order valence-electron chi connectivity index (χ0n) is 19.2. The van der Waals surface area contributed by atoms with Crippen molar-refractivity contribution in [2.75, 3.05) is 18.8 Å². The molecule has 1 saturated heterocycles. The van der Waals surface area contributed by atoms with Crippen LogP contribution >= 0.6 is 0 Å². The number of imidazole rings is 1. The van der Waals surface area contributed by atoms with E-state index in [1.165, 1.54) is 10.9 Å². The monoisotopic (exact) mass is 489 g/mol. The molecule has 0 radical (unpaired) electrons. The molecule has 1 fully saturated rings. The first-order chi connectivity index (χ1) is 17.2. The number of aromatic amines is 2. The first kappa shape index (κ1) is 22.0. The summed E-state index contributed by atoms with van der Waals surface area (Å²) in [7, 11) is 0. The highest BCUT2D eigenvalue weighted by molar-refractivity contribution is 6.13. The fourth-order valence-corrected chi connectivity index (χ4v) is 4.62. The van der Waals surface area contributed by atoms with Gasteiger partial charge in [0.1, 0.15) is 11.6 Å². The predicted octanol–water partition coefficient (Wildman–Crippen LogP) is 3.83. The molecule has 0 bridgehead atoms. The van der Waals surface area contributed by atoms with E-state index in [9.17, 15) is 18.4 Å². The van der Waals surface area contributed by atoms with Crippen LogP contribution in [0.1, 0.15) is 38.7 Å². The lowest BCUT2D eigenvalue weighted by Gasteiger charge is -2.16. The number of H-pyrrole nitrogens is 2. The maximum absolute atomic E-state index is 13.5. The van der Waals surface area contributed by atoms with Crippen molar-refractivity contribution in [2.45, 2.75) is 19.3 Å². The molecule has 0 spiro atoms. The highest BCUT2D eigenvalue weighted by atomic mass is 19.3. The Hall–Kier alpha value is -4.54. The van der Waals surface area contributed by atoms with E-state index in [4.69, 9.17) is 5.73 Å². The van der Waals surface area contributed by atoms with Gasteiger partial charge in [-0.25, -0.2) is 18.4 Å². The Morgan fingerprint density at radius 1 is 1.08 bits per heavy atom. The summed E-state index contributed by atoms with van der Waals surface area (Å²) in [6, 6.07) is 11.9. The van der Waals surface area contributed by atoms with Gasteiger partial charge in [-0.2, -0.15) is 5.10 Å². The molecule has 0 aliphatic carbocycles. The molecule has 1 aliphatic rings. The summed E-state index contributed by atoms with van der Waals surface area (Å²) in [5, 5.41) is 4.92.